The predicted molar refractivity (Wildman–Crippen MR) is 99.5 cm³/mol. The molecular formula is C16H19BrF2N4OS. The van der Waals surface area contributed by atoms with E-state index in [1.165, 1.54) is 10.9 Å². The summed E-state index contributed by atoms with van der Waals surface area (Å²) >= 11 is 5.00. The van der Waals surface area contributed by atoms with Crippen LogP contribution in [0.5, 0.6) is 5.75 Å². The van der Waals surface area contributed by atoms with Gasteiger partial charge in [-0.2, -0.15) is 8.78 Å². The number of benzene rings is 1. The lowest BCUT2D eigenvalue weighted by Crippen LogP contribution is -2.38. The van der Waals surface area contributed by atoms with Crippen LogP contribution in [0.2, 0.25) is 0 Å². The molecule has 0 amide bonds. The third-order valence-electron chi connectivity index (χ3n) is 3.21. The van der Waals surface area contributed by atoms with Gasteiger partial charge in [0.15, 0.2) is 5.96 Å². The SMILES string of the molecule is CN=C(NCCc1ncc(C)s1)NCc1cc(Br)ccc1OC(F)F. The smallest absolute Gasteiger partial charge is 0.387 e. The summed E-state index contributed by atoms with van der Waals surface area (Å²) in [5, 5.41) is 7.33. The van der Waals surface area contributed by atoms with E-state index >= 15 is 0 Å². The highest BCUT2D eigenvalue weighted by atomic mass is 79.9. The van der Waals surface area contributed by atoms with Crippen LogP contribution in [0, 0.1) is 6.92 Å². The number of nitrogens with zero attached hydrogens (tertiary/aromatic N) is 2. The molecule has 1 aromatic heterocycles. The number of aromatic nitrogens is 1. The minimum absolute atomic E-state index is 0.138. The van der Waals surface area contributed by atoms with Crippen LogP contribution >= 0.6 is 27.3 Å². The molecule has 0 unspecified atom stereocenters. The highest BCUT2D eigenvalue weighted by molar-refractivity contribution is 9.10. The number of ether oxygens (including phenoxy) is 1. The van der Waals surface area contributed by atoms with Crippen molar-refractivity contribution < 1.29 is 13.5 Å². The van der Waals surface area contributed by atoms with Crippen LogP contribution in [0.4, 0.5) is 8.78 Å². The van der Waals surface area contributed by atoms with Crippen LogP contribution < -0.4 is 15.4 Å². The van der Waals surface area contributed by atoms with Gasteiger partial charge >= 0.3 is 6.61 Å². The molecule has 9 heteroatoms. The molecule has 2 aromatic rings. The lowest BCUT2D eigenvalue weighted by Gasteiger charge is -2.14. The maximum Gasteiger partial charge on any atom is 0.387 e. The van der Waals surface area contributed by atoms with Crippen LogP contribution in [-0.2, 0) is 13.0 Å². The van der Waals surface area contributed by atoms with Crippen LogP contribution in [0.3, 0.4) is 0 Å². The van der Waals surface area contributed by atoms with Gasteiger partial charge in [0, 0.05) is 47.7 Å². The Balaban J connectivity index is 1.88. The molecule has 25 heavy (non-hydrogen) atoms. The number of aliphatic imine (C=N–C) groups is 1. The van der Waals surface area contributed by atoms with E-state index in [0.717, 1.165) is 15.9 Å². The largest absolute Gasteiger partial charge is 0.434 e. The number of rotatable bonds is 7. The van der Waals surface area contributed by atoms with Crippen LogP contribution in [-0.4, -0.2) is 31.1 Å². The maximum absolute atomic E-state index is 12.5. The third-order valence-corrected chi connectivity index (χ3v) is 4.67. The quantitative estimate of drug-likeness (QED) is 0.516. The van der Waals surface area contributed by atoms with Gasteiger partial charge in [-0.1, -0.05) is 15.9 Å². The standard InChI is InChI=1S/C16H19BrF2N4OS/c1-10-8-22-14(25-10)5-6-21-16(20-2)23-9-11-7-12(17)3-4-13(11)24-15(18)19/h3-4,7-8,15H,5-6,9H2,1-2H3,(H2,20,21,23). The molecule has 0 saturated carbocycles. The molecule has 2 rings (SSSR count). The van der Waals surface area contributed by atoms with Crippen molar-refractivity contribution in [2.75, 3.05) is 13.6 Å². The minimum atomic E-state index is -2.86. The number of halogens is 3. The van der Waals surface area contributed by atoms with Crippen molar-refractivity contribution >= 4 is 33.2 Å². The molecule has 2 N–H and O–H groups in total. The van der Waals surface area contributed by atoms with Crippen molar-refractivity contribution in [1.29, 1.82) is 0 Å². The maximum atomic E-state index is 12.5. The van der Waals surface area contributed by atoms with Gasteiger partial charge < -0.3 is 15.4 Å². The number of thiazole rings is 1. The molecule has 1 aromatic carbocycles. The molecule has 0 atom stereocenters. The Morgan fingerprint density at radius 2 is 2.20 bits per heavy atom. The molecule has 0 aliphatic rings. The van der Waals surface area contributed by atoms with Crippen LogP contribution in [0.25, 0.3) is 0 Å². The van der Waals surface area contributed by atoms with Gasteiger partial charge in [-0.25, -0.2) is 4.98 Å². The normalized spacial score (nSPS) is 11.7. The highest BCUT2D eigenvalue weighted by Gasteiger charge is 2.11. The zero-order chi connectivity index (χ0) is 18.2. The number of hydrogen-bond acceptors (Lipinski definition) is 4. The van der Waals surface area contributed by atoms with Crippen LogP contribution in [0.15, 0.2) is 33.9 Å². The fourth-order valence-electron chi connectivity index (χ4n) is 2.10. The summed E-state index contributed by atoms with van der Waals surface area (Å²) < 4.78 is 30.3. The summed E-state index contributed by atoms with van der Waals surface area (Å²) in [6.07, 6.45) is 2.64. The van der Waals surface area contributed by atoms with E-state index < -0.39 is 6.61 Å². The summed E-state index contributed by atoms with van der Waals surface area (Å²) in [7, 11) is 1.65. The lowest BCUT2D eigenvalue weighted by molar-refractivity contribution is -0.0504. The summed E-state index contributed by atoms with van der Waals surface area (Å²) in [6, 6.07) is 4.90. The number of nitrogens with one attached hydrogen (secondary N) is 2. The number of aryl methyl sites for hydroxylation is 1. The Morgan fingerprint density at radius 3 is 2.84 bits per heavy atom. The van der Waals surface area contributed by atoms with E-state index in [1.807, 2.05) is 13.1 Å². The fraction of sp³-hybridized carbons (Fsp3) is 0.375. The Morgan fingerprint density at radius 1 is 1.40 bits per heavy atom. The van der Waals surface area contributed by atoms with E-state index in [9.17, 15) is 8.78 Å². The van der Waals surface area contributed by atoms with E-state index in [0.29, 0.717) is 24.6 Å². The van der Waals surface area contributed by atoms with Gasteiger partial charge in [-0.3, -0.25) is 4.99 Å². The second kappa shape index (κ2) is 9.67. The van der Waals surface area contributed by atoms with E-state index in [-0.39, 0.29) is 5.75 Å². The minimum Gasteiger partial charge on any atom is -0.434 e. The molecule has 5 nitrogen and oxygen atoms in total. The summed E-state index contributed by atoms with van der Waals surface area (Å²) in [4.78, 5) is 9.62. The fourth-order valence-corrected chi connectivity index (χ4v) is 3.30. The highest BCUT2D eigenvalue weighted by Crippen LogP contribution is 2.24. The molecular weight excluding hydrogens is 414 g/mol. The molecule has 136 valence electrons. The molecule has 0 radical (unpaired) electrons. The predicted octanol–water partition coefficient (Wildman–Crippen LogP) is 3.72. The van der Waals surface area contributed by atoms with Crippen molar-refractivity contribution in [1.82, 2.24) is 15.6 Å². The summed E-state index contributed by atoms with van der Waals surface area (Å²) in [6.45, 7) is 0.133. The Kier molecular flexibility index (Phi) is 7.57. The van der Waals surface area contributed by atoms with Gasteiger partial charge in [0.25, 0.3) is 0 Å². The monoisotopic (exact) mass is 432 g/mol. The number of alkyl halides is 2. The zero-order valence-electron chi connectivity index (χ0n) is 13.9. The van der Waals surface area contributed by atoms with E-state index in [4.69, 9.17) is 0 Å². The first kappa shape index (κ1) is 19.6. The van der Waals surface area contributed by atoms with Gasteiger partial charge in [-0.05, 0) is 25.1 Å². The molecule has 0 saturated heterocycles. The first-order valence-electron chi connectivity index (χ1n) is 7.57. The third kappa shape index (κ3) is 6.58. The second-order valence-electron chi connectivity index (χ2n) is 5.10. The topological polar surface area (TPSA) is 58.5 Å². The zero-order valence-corrected chi connectivity index (χ0v) is 16.3. The first-order chi connectivity index (χ1) is 12.0. The second-order valence-corrected chi connectivity index (χ2v) is 7.33. The Bertz CT molecular complexity index is 724. The van der Waals surface area contributed by atoms with Crippen molar-refractivity contribution in [3.05, 3.63) is 44.3 Å². The molecule has 0 aliphatic carbocycles. The van der Waals surface area contributed by atoms with Gasteiger partial charge in [0.05, 0.1) is 5.01 Å². The first-order valence-corrected chi connectivity index (χ1v) is 9.18. The Hall–Kier alpha value is -1.74. The van der Waals surface area contributed by atoms with Gasteiger partial charge in [-0.15, -0.1) is 11.3 Å². The molecule has 0 spiro atoms. The van der Waals surface area contributed by atoms with Crippen molar-refractivity contribution in [3.63, 3.8) is 0 Å². The van der Waals surface area contributed by atoms with Crippen molar-refractivity contribution in [2.24, 2.45) is 4.99 Å². The van der Waals surface area contributed by atoms with Crippen molar-refractivity contribution in [2.45, 2.75) is 26.5 Å². The molecule has 0 bridgehead atoms. The molecule has 0 aliphatic heterocycles. The van der Waals surface area contributed by atoms with Crippen molar-refractivity contribution in [3.8, 4) is 5.75 Å². The molecule has 0 fully saturated rings. The number of hydrogen-bond donors (Lipinski definition) is 2. The number of guanidine groups is 1. The van der Waals surface area contributed by atoms with Gasteiger partial charge in [0.2, 0.25) is 0 Å². The summed E-state index contributed by atoms with van der Waals surface area (Å²) in [5.41, 5.74) is 0.605. The summed E-state index contributed by atoms with van der Waals surface area (Å²) in [5.74, 6) is 0.718. The average Bonchev–Trinajstić information content (AvgIpc) is 2.98. The van der Waals surface area contributed by atoms with E-state index in [1.54, 1.807) is 30.5 Å². The van der Waals surface area contributed by atoms with E-state index in [2.05, 4.69) is 41.3 Å². The van der Waals surface area contributed by atoms with Crippen LogP contribution in [0.1, 0.15) is 15.4 Å². The van der Waals surface area contributed by atoms with Gasteiger partial charge in [0.1, 0.15) is 5.75 Å². The lowest BCUT2D eigenvalue weighted by atomic mass is 10.2. The molecule has 1 heterocycles. The Labute approximate surface area is 157 Å². The average molecular weight is 433 g/mol.